The third kappa shape index (κ3) is 4.20. The smallest absolute Gasteiger partial charge is 0.273 e. The summed E-state index contributed by atoms with van der Waals surface area (Å²) in [6.07, 6.45) is 0.847. The van der Waals surface area contributed by atoms with Gasteiger partial charge in [0.15, 0.2) is 0 Å². The number of nitro benzene ring substituents is 1. The fourth-order valence-corrected chi connectivity index (χ4v) is 1.52. The highest BCUT2D eigenvalue weighted by Crippen LogP contribution is 2.20. The Labute approximate surface area is 117 Å². The van der Waals surface area contributed by atoms with Crippen molar-refractivity contribution in [1.82, 2.24) is 5.32 Å². The van der Waals surface area contributed by atoms with Gasteiger partial charge in [0.05, 0.1) is 11.0 Å². The number of benzene rings is 1. The summed E-state index contributed by atoms with van der Waals surface area (Å²) in [5, 5.41) is 13.7. The molecule has 1 aromatic rings. The van der Waals surface area contributed by atoms with Crippen LogP contribution in [0, 0.1) is 10.1 Å². The molecule has 1 aromatic carbocycles. The Kier molecular flexibility index (Phi) is 5.45. The van der Waals surface area contributed by atoms with E-state index < -0.39 is 16.4 Å². The summed E-state index contributed by atoms with van der Waals surface area (Å²) in [7, 11) is 0. The van der Waals surface area contributed by atoms with Crippen LogP contribution in [0.2, 0.25) is 0 Å². The number of carbonyl (C=O) groups is 1. The van der Waals surface area contributed by atoms with Gasteiger partial charge in [-0.15, -0.1) is 0 Å². The number of nitrogens with zero attached hydrogens (tertiary/aromatic N) is 1. The number of hydrogen-bond acceptors (Lipinski definition) is 5. The van der Waals surface area contributed by atoms with Gasteiger partial charge < -0.3 is 15.8 Å². The van der Waals surface area contributed by atoms with E-state index in [0.29, 0.717) is 12.3 Å². The van der Waals surface area contributed by atoms with Crippen LogP contribution in [0.15, 0.2) is 24.3 Å². The molecule has 0 radical (unpaired) electrons. The van der Waals surface area contributed by atoms with E-state index in [-0.39, 0.29) is 12.3 Å². The second kappa shape index (κ2) is 6.85. The number of amides is 1. The number of rotatable bonds is 8. The van der Waals surface area contributed by atoms with Gasteiger partial charge in [-0.3, -0.25) is 14.9 Å². The van der Waals surface area contributed by atoms with Crippen LogP contribution in [0.25, 0.3) is 0 Å². The van der Waals surface area contributed by atoms with Crippen molar-refractivity contribution in [3.63, 3.8) is 0 Å². The Balaban J connectivity index is 2.75. The minimum Gasteiger partial charge on any atom is -0.491 e. The number of nitrogens with two attached hydrogens (primary N) is 1. The van der Waals surface area contributed by atoms with Crippen LogP contribution in [0.4, 0.5) is 5.69 Å². The molecule has 0 heterocycles. The molecule has 0 aliphatic carbocycles. The topological polar surface area (TPSA) is 107 Å². The Morgan fingerprint density at radius 3 is 2.80 bits per heavy atom. The van der Waals surface area contributed by atoms with Crippen LogP contribution in [0.1, 0.15) is 20.3 Å². The van der Waals surface area contributed by atoms with Crippen LogP contribution >= 0.6 is 0 Å². The van der Waals surface area contributed by atoms with Crippen LogP contribution in [0.3, 0.4) is 0 Å². The minimum absolute atomic E-state index is 0.00347. The molecule has 0 aromatic heterocycles. The van der Waals surface area contributed by atoms with Crippen molar-refractivity contribution in [2.75, 3.05) is 13.2 Å². The van der Waals surface area contributed by atoms with Gasteiger partial charge in [0.25, 0.3) is 5.69 Å². The summed E-state index contributed by atoms with van der Waals surface area (Å²) in [6, 6.07) is 5.79. The normalized spacial score (nSPS) is 13.5. The molecule has 0 aliphatic heterocycles. The maximum atomic E-state index is 11.5. The van der Waals surface area contributed by atoms with E-state index >= 15 is 0 Å². The van der Waals surface area contributed by atoms with Gasteiger partial charge in [0.1, 0.15) is 17.9 Å². The molecule has 1 rings (SSSR count). The van der Waals surface area contributed by atoms with E-state index in [0.717, 1.165) is 6.42 Å². The second-order valence-corrected chi connectivity index (χ2v) is 4.67. The predicted molar refractivity (Wildman–Crippen MR) is 74.5 cm³/mol. The van der Waals surface area contributed by atoms with Gasteiger partial charge in [0.2, 0.25) is 5.91 Å². The summed E-state index contributed by atoms with van der Waals surface area (Å²) < 4.78 is 5.45. The number of non-ortho nitro benzene ring substituents is 1. The maximum Gasteiger partial charge on any atom is 0.273 e. The van der Waals surface area contributed by atoms with Crippen molar-refractivity contribution in [3.05, 3.63) is 34.4 Å². The molecule has 20 heavy (non-hydrogen) atoms. The lowest BCUT2D eigenvalue weighted by molar-refractivity contribution is -0.384. The Morgan fingerprint density at radius 1 is 1.55 bits per heavy atom. The molecule has 0 bridgehead atoms. The molecule has 1 amide bonds. The first-order chi connectivity index (χ1) is 9.39. The SMILES string of the molecule is CCCNC(C)(COc1cccc([N+](=O)[O-])c1)C(N)=O. The fraction of sp³-hybridized carbons (Fsp3) is 0.462. The summed E-state index contributed by atoms with van der Waals surface area (Å²) in [5.41, 5.74) is 4.29. The van der Waals surface area contributed by atoms with Gasteiger partial charge in [-0.2, -0.15) is 0 Å². The average Bonchev–Trinajstić information content (AvgIpc) is 2.43. The van der Waals surface area contributed by atoms with E-state index in [1.807, 2.05) is 6.92 Å². The summed E-state index contributed by atoms with van der Waals surface area (Å²) in [4.78, 5) is 21.7. The molecular weight excluding hydrogens is 262 g/mol. The number of hydrogen-bond donors (Lipinski definition) is 2. The van der Waals surface area contributed by atoms with E-state index in [2.05, 4.69) is 5.32 Å². The molecule has 7 heteroatoms. The molecule has 0 spiro atoms. The standard InChI is InChI=1S/C13H19N3O4/c1-3-7-15-13(2,12(14)17)9-20-11-6-4-5-10(8-11)16(18)19/h4-6,8,15H,3,7,9H2,1-2H3,(H2,14,17). The van der Waals surface area contributed by atoms with Gasteiger partial charge in [-0.05, 0) is 26.0 Å². The lowest BCUT2D eigenvalue weighted by atomic mass is 10.0. The fourth-order valence-electron chi connectivity index (χ4n) is 1.52. The van der Waals surface area contributed by atoms with Gasteiger partial charge >= 0.3 is 0 Å². The molecule has 7 nitrogen and oxygen atoms in total. The van der Waals surface area contributed by atoms with Crippen molar-refractivity contribution < 1.29 is 14.5 Å². The molecule has 0 saturated heterocycles. The summed E-state index contributed by atoms with van der Waals surface area (Å²) in [5.74, 6) is -0.207. The van der Waals surface area contributed by atoms with E-state index in [1.165, 1.54) is 18.2 Å². The van der Waals surface area contributed by atoms with Crippen molar-refractivity contribution in [1.29, 1.82) is 0 Å². The van der Waals surface area contributed by atoms with Crippen LogP contribution in [-0.2, 0) is 4.79 Å². The Hall–Kier alpha value is -2.15. The Bertz CT molecular complexity index is 492. The molecule has 0 fully saturated rings. The van der Waals surface area contributed by atoms with Crippen LogP contribution < -0.4 is 15.8 Å². The monoisotopic (exact) mass is 281 g/mol. The molecule has 1 unspecified atom stereocenters. The first kappa shape index (κ1) is 15.9. The molecule has 0 aliphatic rings. The van der Waals surface area contributed by atoms with Crippen LogP contribution in [0.5, 0.6) is 5.75 Å². The quantitative estimate of drug-likeness (QED) is 0.550. The lowest BCUT2D eigenvalue weighted by Gasteiger charge is -2.27. The number of ether oxygens (including phenoxy) is 1. The second-order valence-electron chi connectivity index (χ2n) is 4.67. The molecule has 3 N–H and O–H groups in total. The first-order valence-electron chi connectivity index (χ1n) is 6.31. The van der Waals surface area contributed by atoms with Gasteiger partial charge in [0, 0.05) is 6.07 Å². The molecule has 0 saturated carbocycles. The largest absolute Gasteiger partial charge is 0.491 e. The van der Waals surface area contributed by atoms with Gasteiger partial charge in [-0.25, -0.2) is 0 Å². The van der Waals surface area contributed by atoms with Crippen molar-refractivity contribution in [2.24, 2.45) is 5.73 Å². The minimum atomic E-state index is -1.01. The Morgan fingerprint density at radius 2 is 2.25 bits per heavy atom. The number of primary amides is 1. The third-order valence-corrected chi connectivity index (χ3v) is 2.86. The van der Waals surface area contributed by atoms with Crippen molar-refractivity contribution in [2.45, 2.75) is 25.8 Å². The predicted octanol–water partition coefficient (Wildman–Crippen LogP) is 1.22. The molecule has 110 valence electrons. The average molecular weight is 281 g/mol. The summed E-state index contributed by atoms with van der Waals surface area (Å²) in [6.45, 7) is 4.24. The number of nitro groups is 1. The molecule has 1 atom stereocenters. The first-order valence-corrected chi connectivity index (χ1v) is 6.31. The zero-order valence-corrected chi connectivity index (χ0v) is 11.6. The number of carbonyl (C=O) groups excluding carboxylic acids is 1. The van der Waals surface area contributed by atoms with E-state index in [4.69, 9.17) is 10.5 Å². The lowest BCUT2D eigenvalue weighted by Crippen LogP contribution is -2.57. The zero-order chi connectivity index (χ0) is 15.2. The maximum absolute atomic E-state index is 11.5. The molecular formula is C13H19N3O4. The van der Waals surface area contributed by atoms with E-state index in [1.54, 1.807) is 13.0 Å². The van der Waals surface area contributed by atoms with E-state index in [9.17, 15) is 14.9 Å². The summed E-state index contributed by atoms with van der Waals surface area (Å²) >= 11 is 0. The van der Waals surface area contributed by atoms with Gasteiger partial charge in [-0.1, -0.05) is 13.0 Å². The number of nitrogens with one attached hydrogen (secondary N) is 1. The highest BCUT2D eigenvalue weighted by Gasteiger charge is 2.31. The highest BCUT2D eigenvalue weighted by atomic mass is 16.6. The van der Waals surface area contributed by atoms with Crippen molar-refractivity contribution in [3.8, 4) is 5.75 Å². The van der Waals surface area contributed by atoms with Crippen molar-refractivity contribution >= 4 is 11.6 Å². The zero-order valence-electron chi connectivity index (χ0n) is 11.6. The third-order valence-electron chi connectivity index (χ3n) is 2.86. The highest BCUT2D eigenvalue weighted by molar-refractivity contribution is 5.84. The van der Waals surface area contributed by atoms with Crippen LogP contribution in [-0.4, -0.2) is 29.5 Å².